The monoisotopic (exact) mass is 385 g/mol. The van der Waals surface area contributed by atoms with Gasteiger partial charge in [0.2, 0.25) is 0 Å². The second kappa shape index (κ2) is 9.08. The van der Waals surface area contributed by atoms with E-state index in [1.165, 1.54) is 16.8 Å². The summed E-state index contributed by atoms with van der Waals surface area (Å²) in [5.74, 6) is 0. The molecule has 0 unspecified atom stereocenters. The molecule has 0 amide bonds. The normalized spacial score (nSPS) is 12.2. The molecule has 2 aromatic rings. The zero-order chi connectivity index (χ0) is 17.5. The van der Waals surface area contributed by atoms with Crippen LogP contribution in [0.2, 0.25) is 0 Å². The highest BCUT2D eigenvalue weighted by Crippen LogP contribution is 2.23. The van der Waals surface area contributed by atoms with Crippen molar-refractivity contribution in [2.24, 2.45) is 0 Å². The van der Waals surface area contributed by atoms with Crippen LogP contribution in [0.25, 0.3) is 0 Å². The average molecular weight is 386 g/mol. The van der Waals surface area contributed by atoms with Crippen molar-refractivity contribution in [1.82, 2.24) is 4.90 Å². The Bertz CT molecular complexity index is 648. The molecule has 0 spiro atoms. The number of allylic oxidation sites excluding steroid dienone is 1. The maximum absolute atomic E-state index is 4.42. The molecule has 0 radical (unpaired) electrons. The molecule has 1 nitrogen and oxygen atoms in total. The van der Waals surface area contributed by atoms with Crippen LogP contribution < -0.4 is 0 Å². The van der Waals surface area contributed by atoms with Crippen LogP contribution in [0.4, 0.5) is 0 Å². The van der Waals surface area contributed by atoms with Gasteiger partial charge in [-0.15, -0.1) is 0 Å². The molecule has 0 aliphatic heterocycles. The Labute approximate surface area is 155 Å². The first kappa shape index (κ1) is 18.8. The van der Waals surface area contributed by atoms with Gasteiger partial charge in [-0.1, -0.05) is 71.9 Å². The van der Waals surface area contributed by atoms with E-state index in [2.05, 4.69) is 103 Å². The summed E-state index contributed by atoms with van der Waals surface area (Å²) >= 11 is 3.56. The van der Waals surface area contributed by atoms with Crippen molar-refractivity contribution in [1.29, 1.82) is 0 Å². The molecule has 0 fully saturated rings. The van der Waals surface area contributed by atoms with Gasteiger partial charge in [-0.3, -0.25) is 0 Å². The molecule has 0 aliphatic carbocycles. The molecule has 2 rings (SSSR count). The highest BCUT2D eigenvalue weighted by atomic mass is 79.9. The molecule has 0 bridgehead atoms. The van der Waals surface area contributed by atoms with Crippen molar-refractivity contribution >= 4 is 15.9 Å². The first-order chi connectivity index (χ1) is 11.5. The first-order valence-corrected chi connectivity index (χ1v) is 9.55. The third-order valence-electron chi connectivity index (χ3n) is 4.40. The van der Waals surface area contributed by atoms with Gasteiger partial charge >= 0.3 is 0 Å². The summed E-state index contributed by atoms with van der Waals surface area (Å²) in [5.41, 5.74) is 3.89. The van der Waals surface area contributed by atoms with E-state index in [1.54, 1.807) is 0 Å². The minimum atomic E-state index is 0.443. The van der Waals surface area contributed by atoms with E-state index in [4.69, 9.17) is 0 Å². The number of halogens is 1. The maximum atomic E-state index is 4.42. The van der Waals surface area contributed by atoms with E-state index >= 15 is 0 Å². The van der Waals surface area contributed by atoms with Crippen molar-refractivity contribution in [2.75, 3.05) is 0 Å². The van der Waals surface area contributed by atoms with Gasteiger partial charge in [0.1, 0.15) is 0 Å². The van der Waals surface area contributed by atoms with Crippen LogP contribution in [-0.4, -0.2) is 17.0 Å². The van der Waals surface area contributed by atoms with Crippen molar-refractivity contribution in [3.63, 3.8) is 0 Å². The third-order valence-corrected chi connectivity index (χ3v) is 4.89. The van der Waals surface area contributed by atoms with E-state index in [9.17, 15) is 0 Å². The molecule has 128 valence electrons. The van der Waals surface area contributed by atoms with Crippen molar-refractivity contribution < 1.29 is 0 Å². The van der Waals surface area contributed by atoms with Crippen molar-refractivity contribution in [3.05, 3.63) is 82.5 Å². The Morgan fingerprint density at radius 2 is 1.71 bits per heavy atom. The fourth-order valence-corrected chi connectivity index (χ4v) is 3.79. The van der Waals surface area contributed by atoms with Crippen LogP contribution >= 0.6 is 15.9 Å². The Morgan fingerprint density at radius 1 is 1.04 bits per heavy atom. The highest BCUT2D eigenvalue weighted by Gasteiger charge is 2.21. The Morgan fingerprint density at radius 3 is 2.29 bits per heavy atom. The zero-order valence-electron chi connectivity index (χ0n) is 15.0. The average Bonchev–Trinajstić information content (AvgIpc) is 2.54. The van der Waals surface area contributed by atoms with E-state index < -0.39 is 0 Å². The molecule has 2 heteroatoms. The molecule has 0 aliphatic rings. The molecule has 0 saturated carbocycles. The number of hydrogen-bond donors (Lipinski definition) is 0. The topological polar surface area (TPSA) is 3.24 Å². The summed E-state index contributed by atoms with van der Waals surface area (Å²) in [5, 5.41) is 0. The van der Waals surface area contributed by atoms with Gasteiger partial charge in [0, 0.05) is 28.7 Å². The quantitative estimate of drug-likeness (QED) is 0.519. The van der Waals surface area contributed by atoms with Crippen molar-refractivity contribution in [3.8, 4) is 0 Å². The van der Waals surface area contributed by atoms with Crippen LogP contribution in [0.3, 0.4) is 0 Å². The highest BCUT2D eigenvalue weighted by molar-refractivity contribution is 9.10. The van der Waals surface area contributed by atoms with E-state index in [0.717, 1.165) is 23.7 Å². The van der Waals surface area contributed by atoms with Crippen LogP contribution in [0.1, 0.15) is 38.3 Å². The van der Waals surface area contributed by atoms with Gasteiger partial charge in [-0.05, 0) is 49.9 Å². The lowest BCUT2D eigenvalue weighted by Gasteiger charge is -2.38. The summed E-state index contributed by atoms with van der Waals surface area (Å²) in [7, 11) is 0. The SMILES string of the molecule is C=C(Cc1cccc(Br)c1)N(C(C)C)[C@@H](CC)Cc1ccccc1. The lowest BCUT2D eigenvalue weighted by molar-refractivity contribution is 0.195. The van der Waals surface area contributed by atoms with Gasteiger partial charge in [-0.25, -0.2) is 0 Å². The molecule has 0 aromatic heterocycles. The first-order valence-electron chi connectivity index (χ1n) is 8.75. The smallest absolute Gasteiger partial charge is 0.0327 e. The molecule has 2 aromatic carbocycles. The standard InChI is InChI=1S/C22H28BrN/c1-5-22(16-19-10-7-6-8-11-19)24(17(2)3)18(4)14-20-12-9-13-21(23)15-20/h6-13,15,17,22H,4-5,14,16H2,1-3H3/t22-/m0/s1. The van der Waals surface area contributed by atoms with Crippen LogP contribution in [0.5, 0.6) is 0 Å². The zero-order valence-corrected chi connectivity index (χ0v) is 16.6. The number of hydrogen-bond acceptors (Lipinski definition) is 1. The van der Waals surface area contributed by atoms with Gasteiger partial charge in [0.05, 0.1) is 0 Å². The molecule has 0 N–H and O–H groups in total. The van der Waals surface area contributed by atoms with Gasteiger partial charge in [0.25, 0.3) is 0 Å². The second-order valence-corrected chi connectivity index (χ2v) is 7.54. The fraction of sp³-hybridized carbons (Fsp3) is 0.364. The second-order valence-electron chi connectivity index (χ2n) is 6.63. The summed E-state index contributed by atoms with van der Waals surface area (Å²) in [4.78, 5) is 2.51. The Kier molecular flexibility index (Phi) is 7.11. The molecular weight excluding hydrogens is 358 g/mol. The number of nitrogens with zero attached hydrogens (tertiary/aromatic N) is 1. The third kappa shape index (κ3) is 5.24. The van der Waals surface area contributed by atoms with Gasteiger partial charge in [-0.2, -0.15) is 0 Å². The number of rotatable bonds is 8. The summed E-state index contributed by atoms with van der Waals surface area (Å²) in [6.45, 7) is 11.2. The largest absolute Gasteiger partial charge is 0.369 e. The molecule has 24 heavy (non-hydrogen) atoms. The predicted molar refractivity (Wildman–Crippen MR) is 108 cm³/mol. The lowest BCUT2D eigenvalue weighted by Crippen LogP contribution is -2.41. The van der Waals surface area contributed by atoms with Crippen molar-refractivity contribution in [2.45, 2.75) is 52.1 Å². The summed E-state index contributed by atoms with van der Waals surface area (Å²) in [6, 6.07) is 20.2. The summed E-state index contributed by atoms with van der Waals surface area (Å²) in [6.07, 6.45) is 3.07. The van der Waals surface area contributed by atoms with E-state index in [-0.39, 0.29) is 0 Å². The Balaban J connectivity index is 2.15. The Hall–Kier alpha value is -1.54. The van der Waals surface area contributed by atoms with Crippen LogP contribution in [-0.2, 0) is 12.8 Å². The fourth-order valence-electron chi connectivity index (χ4n) is 3.34. The number of benzene rings is 2. The maximum Gasteiger partial charge on any atom is 0.0327 e. The predicted octanol–water partition coefficient (Wildman–Crippen LogP) is 6.24. The summed E-state index contributed by atoms with van der Waals surface area (Å²) < 4.78 is 1.13. The molecule has 0 saturated heterocycles. The minimum absolute atomic E-state index is 0.443. The van der Waals surface area contributed by atoms with Gasteiger partial charge in [0.15, 0.2) is 0 Å². The van der Waals surface area contributed by atoms with E-state index in [0.29, 0.717) is 12.1 Å². The van der Waals surface area contributed by atoms with Crippen LogP contribution in [0, 0.1) is 0 Å². The lowest BCUT2D eigenvalue weighted by atomic mass is 9.99. The molecule has 1 atom stereocenters. The minimum Gasteiger partial charge on any atom is -0.369 e. The molecular formula is C22H28BrN. The molecule has 0 heterocycles. The van der Waals surface area contributed by atoms with Gasteiger partial charge < -0.3 is 4.90 Å². The van der Waals surface area contributed by atoms with E-state index in [1.807, 2.05) is 0 Å². The van der Waals surface area contributed by atoms with Crippen LogP contribution in [0.15, 0.2) is 71.3 Å².